The summed E-state index contributed by atoms with van der Waals surface area (Å²) in [6, 6.07) is 14.1. The predicted octanol–water partition coefficient (Wildman–Crippen LogP) is 5.57. The van der Waals surface area contributed by atoms with Crippen LogP contribution in [0.4, 0.5) is 9.39 Å². The van der Waals surface area contributed by atoms with Gasteiger partial charge in [-0.15, -0.1) is 22.7 Å². The molecule has 0 radical (unpaired) electrons. The molecule has 0 spiro atoms. The number of nitrogens with one attached hydrogen (secondary N) is 1. The number of carbonyl (C=O) groups excluding carboxylic acids is 2. The molecule has 0 unspecified atom stereocenters. The Bertz CT molecular complexity index is 1300. The molecule has 0 fully saturated rings. The van der Waals surface area contributed by atoms with Crippen LogP contribution in [0, 0.1) is 12.7 Å². The van der Waals surface area contributed by atoms with Crippen LogP contribution >= 0.6 is 22.7 Å². The number of anilines is 1. The number of aryl methyl sites for hydroxylation is 1. The van der Waals surface area contributed by atoms with Gasteiger partial charge in [0.05, 0.1) is 17.0 Å². The molecule has 0 bridgehead atoms. The summed E-state index contributed by atoms with van der Waals surface area (Å²) in [5.74, 6) is -1.47. The highest BCUT2D eigenvalue weighted by molar-refractivity contribution is 7.21. The Labute approximate surface area is 186 Å². The number of rotatable bonds is 6. The second kappa shape index (κ2) is 8.58. The molecule has 5 nitrogen and oxygen atoms in total. The van der Waals surface area contributed by atoms with E-state index in [4.69, 9.17) is 10.5 Å². The average Bonchev–Trinajstić information content (AvgIpc) is 3.27. The van der Waals surface area contributed by atoms with E-state index in [2.05, 4.69) is 5.32 Å². The summed E-state index contributed by atoms with van der Waals surface area (Å²) in [4.78, 5) is 26.7. The number of methoxy groups -OCH3 is 1. The molecule has 0 aliphatic rings. The van der Waals surface area contributed by atoms with Gasteiger partial charge in [0, 0.05) is 33.2 Å². The van der Waals surface area contributed by atoms with E-state index in [0.717, 1.165) is 10.4 Å². The third-order valence-electron chi connectivity index (χ3n) is 4.88. The molecular weight excluding hydrogens is 435 g/mol. The number of fused-ring (bicyclic) bond motifs is 1. The SMILES string of the molecule is COCc1c(C(=O)Nc2sc(C)c(-c3ccccc3)c2C(N)=O)sc2cccc(F)c12. The molecule has 3 N–H and O–H groups in total. The van der Waals surface area contributed by atoms with Gasteiger partial charge in [-0.1, -0.05) is 36.4 Å². The van der Waals surface area contributed by atoms with E-state index in [0.29, 0.717) is 31.1 Å². The summed E-state index contributed by atoms with van der Waals surface area (Å²) in [6.07, 6.45) is 0. The van der Waals surface area contributed by atoms with Crippen LogP contribution < -0.4 is 11.1 Å². The molecule has 4 rings (SSSR count). The first kappa shape index (κ1) is 21.2. The van der Waals surface area contributed by atoms with Gasteiger partial charge in [0.2, 0.25) is 0 Å². The largest absolute Gasteiger partial charge is 0.380 e. The normalized spacial score (nSPS) is 11.1. The number of thiophene rings is 2. The lowest BCUT2D eigenvalue weighted by atomic mass is 10.0. The van der Waals surface area contributed by atoms with Gasteiger partial charge in [0.25, 0.3) is 11.8 Å². The first-order chi connectivity index (χ1) is 14.9. The van der Waals surface area contributed by atoms with Crippen molar-refractivity contribution in [2.24, 2.45) is 5.73 Å². The second-order valence-electron chi connectivity index (χ2n) is 6.88. The van der Waals surface area contributed by atoms with Crippen LogP contribution in [0.3, 0.4) is 0 Å². The molecule has 158 valence electrons. The van der Waals surface area contributed by atoms with E-state index in [1.165, 1.54) is 35.8 Å². The van der Waals surface area contributed by atoms with Crippen molar-refractivity contribution in [3.8, 4) is 11.1 Å². The number of hydrogen-bond donors (Lipinski definition) is 2. The average molecular weight is 455 g/mol. The van der Waals surface area contributed by atoms with Gasteiger partial charge in [-0.05, 0) is 24.6 Å². The highest BCUT2D eigenvalue weighted by atomic mass is 32.1. The van der Waals surface area contributed by atoms with Crippen molar-refractivity contribution in [2.75, 3.05) is 12.4 Å². The van der Waals surface area contributed by atoms with Gasteiger partial charge in [-0.25, -0.2) is 4.39 Å². The number of carbonyl (C=O) groups is 2. The third kappa shape index (κ3) is 3.85. The Morgan fingerprint density at radius 3 is 2.52 bits per heavy atom. The monoisotopic (exact) mass is 454 g/mol. The molecule has 0 aliphatic heterocycles. The van der Waals surface area contributed by atoms with Gasteiger partial charge in [0.15, 0.2) is 0 Å². The topological polar surface area (TPSA) is 81.4 Å². The minimum atomic E-state index is -0.627. The van der Waals surface area contributed by atoms with Crippen molar-refractivity contribution in [2.45, 2.75) is 13.5 Å². The molecule has 2 heterocycles. The van der Waals surface area contributed by atoms with Gasteiger partial charge in [0.1, 0.15) is 10.8 Å². The maximum absolute atomic E-state index is 14.4. The van der Waals surface area contributed by atoms with Crippen LogP contribution in [0.5, 0.6) is 0 Å². The van der Waals surface area contributed by atoms with E-state index >= 15 is 0 Å². The fourth-order valence-electron chi connectivity index (χ4n) is 3.61. The number of halogens is 1. The van der Waals surface area contributed by atoms with E-state index in [-0.39, 0.29) is 12.2 Å². The molecule has 4 aromatic rings. The highest BCUT2D eigenvalue weighted by Crippen LogP contribution is 2.41. The summed E-state index contributed by atoms with van der Waals surface area (Å²) in [5, 5.41) is 3.58. The lowest BCUT2D eigenvalue weighted by molar-refractivity contribution is 0.100. The van der Waals surface area contributed by atoms with Gasteiger partial charge in [-0.3, -0.25) is 9.59 Å². The summed E-state index contributed by atoms with van der Waals surface area (Å²) >= 11 is 2.47. The Morgan fingerprint density at radius 2 is 1.84 bits per heavy atom. The Kier molecular flexibility index (Phi) is 5.86. The van der Waals surface area contributed by atoms with E-state index in [1.807, 2.05) is 37.3 Å². The molecule has 8 heteroatoms. The zero-order valence-electron chi connectivity index (χ0n) is 16.8. The Morgan fingerprint density at radius 1 is 1.10 bits per heavy atom. The smallest absolute Gasteiger partial charge is 0.266 e. The first-order valence-corrected chi connectivity index (χ1v) is 11.0. The molecule has 2 amide bonds. The molecule has 2 aromatic carbocycles. The van der Waals surface area contributed by atoms with Gasteiger partial charge in [-0.2, -0.15) is 0 Å². The van der Waals surface area contributed by atoms with Crippen molar-refractivity contribution in [3.05, 3.63) is 75.2 Å². The molecule has 0 atom stereocenters. The van der Waals surface area contributed by atoms with Crippen LogP contribution in [-0.2, 0) is 11.3 Å². The van der Waals surface area contributed by atoms with E-state index < -0.39 is 17.6 Å². The molecule has 0 saturated carbocycles. The van der Waals surface area contributed by atoms with Crippen molar-refractivity contribution in [1.29, 1.82) is 0 Å². The van der Waals surface area contributed by atoms with Gasteiger partial charge >= 0.3 is 0 Å². The summed E-state index contributed by atoms with van der Waals surface area (Å²) in [5.41, 5.74) is 7.98. The van der Waals surface area contributed by atoms with Crippen molar-refractivity contribution >= 4 is 49.6 Å². The highest BCUT2D eigenvalue weighted by Gasteiger charge is 2.26. The molecule has 31 heavy (non-hydrogen) atoms. The number of hydrogen-bond acceptors (Lipinski definition) is 5. The van der Waals surface area contributed by atoms with E-state index in [9.17, 15) is 14.0 Å². The van der Waals surface area contributed by atoms with Crippen LogP contribution in [0.15, 0.2) is 48.5 Å². The van der Waals surface area contributed by atoms with Crippen LogP contribution in [0.1, 0.15) is 30.5 Å². The second-order valence-corrected chi connectivity index (χ2v) is 9.15. The van der Waals surface area contributed by atoms with Crippen LogP contribution in [0.2, 0.25) is 0 Å². The molecule has 2 aromatic heterocycles. The predicted molar refractivity (Wildman–Crippen MR) is 123 cm³/mol. The minimum absolute atomic E-state index is 0.0884. The number of benzene rings is 2. The van der Waals surface area contributed by atoms with Crippen molar-refractivity contribution < 1.29 is 18.7 Å². The number of nitrogens with two attached hydrogens (primary N) is 1. The standard InChI is InChI=1S/C23H19FN2O3S2/c1-12-17(13-7-4-3-5-8-13)19(21(25)27)23(30-12)26-22(28)20-14(11-29-2)18-15(24)9-6-10-16(18)31-20/h3-10H,11H2,1-2H3,(H2,25,27)(H,26,28). The number of ether oxygens (including phenoxy) is 1. The maximum atomic E-state index is 14.4. The summed E-state index contributed by atoms with van der Waals surface area (Å²) in [7, 11) is 1.49. The molecular formula is C23H19FN2O3S2. The van der Waals surface area contributed by atoms with Gasteiger partial charge < -0.3 is 15.8 Å². The lowest BCUT2D eigenvalue weighted by Gasteiger charge is -2.08. The van der Waals surface area contributed by atoms with Crippen molar-refractivity contribution in [1.82, 2.24) is 0 Å². The summed E-state index contributed by atoms with van der Waals surface area (Å²) in [6.45, 7) is 1.96. The fourth-order valence-corrected chi connectivity index (χ4v) is 5.81. The zero-order valence-corrected chi connectivity index (χ0v) is 18.5. The minimum Gasteiger partial charge on any atom is -0.380 e. The fraction of sp³-hybridized carbons (Fsp3) is 0.130. The Balaban J connectivity index is 1.79. The molecule has 0 aliphatic carbocycles. The van der Waals surface area contributed by atoms with Crippen LogP contribution in [-0.4, -0.2) is 18.9 Å². The van der Waals surface area contributed by atoms with Crippen molar-refractivity contribution in [3.63, 3.8) is 0 Å². The zero-order chi connectivity index (χ0) is 22.1. The number of amides is 2. The number of primary amides is 1. The molecule has 0 saturated heterocycles. The Hall–Kier alpha value is -3.07. The summed E-state index contributed by atoms with van der Waals surface area (Å²) < 4.78 is 20.3. The quantitative estimate of drug-likeness (QED) is 0.399. The lowest BCUT2D eigenvalue weighted by Crippen LogP contribution is -2.17. The third-order valence-corrected chi connectivity index (χ3v) is 7.10. The van der Waals surface area contributed by atoms with E-state index in [1.54, 1.807) is 12.1 Å². The first-order valence-electron chi connectivity index (χ1n) is 9.41. The maximum Gasteiger partial charge on any atom is 0.266 e. The van der Waals surface area contributed by atoms with Crippen LogP contribution in [0.25, 0.3) is 21.2 Å².